The molecule has 2 heterocycles. The Morgan fingerprint density at radius 1 is 1.71 bits per heavy atom. The molecular formula is C12H18N2O2S. The van der Waals surface area contributed by atoms with Crippen molar-refractivity contribution in [3.8, 4) is 0 Å². The zero-order chi connectivity index (χ0) is 12.1. The molecule has 1 atom stereocenters. The van der Waals surface area contributed by atoms with Crippen LogP contribution in [0.5, 0.6) is 0 Å². The molecule has 0 radical (unpaired) electrons. The molecule has 1 aliphatic rings. The third-order valence-electron chi connectivity index (χ3n) is 2.92. The fourth-order valence-corrected chi connectivity index (χ4v) is 2.63. The minimum absolute atomic E-state index is 0.0496. The predicted molar refractivity (Wildman–Crippen MR) is 68.1 cm³/mol. The molecule has 1 amide bonds. The number of ether oxygens (including phenoxy) is 1. The Balaban J connectivity index is 1.90. The van der Waals surface area contributed by atoms with Gasteiger partial charge in [-0.15, -0.1) is 0 Å². The molecule has 1 aliphatic heterocycles. The van der Waals surface area contributed by atoms with Crippen molar-refractivity contribution >= 4 is 17.2 Å². The number of hydrogen-bond donors (Lipinski definition) is 1. The lowest BCUT2D eigenvalue weighted by molar-refractivity contribution is -0.138. The van der Waals surface area contributed by atoms with Crippen LogP contribution in [0.4, 0.5) is 0 Å². The van der Waals surface area contributed by atoms with Gasteiger partial charge in [-0.05, 0) is 29.4 Å². The van der Waals surface area contributed by atoms with E-state index in [1.807, 2.05) is 17.3 Å². The summed E-state index contributed by atoms with van der Waals surface area (Å²) in [4.78, 5) is 13.8. The number of carbonyl (C=O) groups is 1. The number of rotatable bonds is 4. The van der Waals surface area contributed by atoms with Crippen molar-refractivity contribution in [3.63, 3.8) is 0 Å². The average molecular weight is 254 g/mol. The smallest absolute Gasteiger partial charge is 0.224 e. The van der Waals surface area contributed by atoms with Gasteiger partial charge in [-0.25, -0.2) is 0 Å². The average Bonchev–Trinajstić information content (AvgIpc) is 2.90. The standard InChI is InChI=1S/C12H18N2O2S/c1-13-4-2-12(15)14-5-6-16-11(8-14)10-3-7-17-9-10/h3,7,9,11,13H,2,4-6,8H2,1H3. The first-order valence-corrected chi connectivity index (χ1v) is 6.81. The number of morpholine rings is 1. The summed E-state index contributed by atoms with van der Waals surface area (Å²) in [6.45, 7) is 2.76. The Morgan fingerprint density at radius 2 is 2.59 bits per heavy atom. The highest BCUT2D eigenvalue weighted by molar-refractivity contribution is 7.07. The molecule has 1 N–H and O–H groups in total. The molecule has 0 saturated carbocycles. The quantitative estimate of drug-likeness (QED) is 0.879. The number of nitrogens with one attached hydrogen (secondary N) is 1. The van der Waals surface area contributed by atoms with Gasteiger partial charge < -0.3 is 15.0 Å². The summed E-state index contributed by atoms with van der Waals surface area (Å²) in [5, 5.41) is 7.13. The van der Waals surface area contributed by atoms with E-state index in [0.717, 1.165) is 6.54 Å². The Labute approximate surface area is 106 Å². The molecule has 2 rings (SSSR count). The monoisotopic (exact) mass is 254 g/mol. The van der Waals surface area contributed by atoms with Gasteiger partial charge in [0.25, 0.3) is 0 Å². The number of carbonyl (C=O) groups excluding carboxylic acids is 1. The fraction of sp³-hybridized carbons (Fsp3) is 0.583. The van der Waals surface area contributed by atoms with Gasteiger partial charge in [0.05, 0.1) is 13.2 Å². The van der Waals surface area contributed by atoms with E-state index < -0.39 is 0 Å². The van der Waals surface area contributed by atoms with E-state index in [2.05, 4.69) is 16.8 Å². The minimum atomic E-state index is 0.0496. The molecule has 1 aromatic rings. The third kappa shape index (κ3) is 3.28. The summed E-state index contributed by atoms with van der Waals surface area (Å²) in [6.07, 6.45) is 0.612. The third-order valence-corrected chi connectivity index (χ3v) is 3.62. The van der Waals surface area contributed by atoms with E-state index in [4.69, 9.17) is 4.74 Å². The highest BCUT2D eigenvalue weighted by atomic mass is 32.1. The molecule has 1 fully saturated rings. The van der Waals surface area contributed by atoms with Gasteiger partial charge >= 0.3 is 0 Å². The van der Waals surface area contributed by atoms with E-state index in [1.165, 1.54) is 5.56 Å². The molecule has 1 unspecified atom stereocenters. The van der Waals surface area contributed by atoms with Crippen LogP contribution >= 0.6 is 11.3 Å². The Morgan fingerprint density at radius 3 is 3.29 bits per heavy atom. The lowest BCUT2D eigenvalue weighted by Crippen LogP contribution is -2.42. The van der Waals surface area contributed by atoms with Gasteiger partial charge in [-0.2, -0.15) is 11.3 Å². The first-order chi connectivity index (χ1) is 8.31. The van der Waals surface area contributed by atoms with E-state index in [9.17, 15) is 4.79 Å². The van der Waals surface area contributed by atoms with Gasteiger partial charge in [0.2, 0.25) is 5.91 Å². The van der Waals surface area contributed by atoms with Gasteiger partial charge in [-0.3, -0.25) is 4.79 Å². The zero-order valence-electron chi connectivity index (χ0n) is 10.0. The highest BCUT2D eigenvalue weighted by Gasteiger charge is 2.24. The normalized spacial score (nSPS) is 20.5. The summed E-state index contributed by atoms with van der Waals surface area (Å²) < 4.78 is 5.70. The predicted octanol–water partition coefficient (Wildman–Crippen LogP) is 1.26. The lowest BCUT2D eigenvalue weighted by atomic mass is 10.1. The molecule has 1 aromatic heterocycles. The van der Waals surface area contributed by atoms with E-state index in [0.29, 0.717) is 26.1 Å². The van der Waals surface area contributed by atoms with Crippen LogP contribution in [0.1, 0.15) is 18.1 Å². The first kappa shape index (κ1) is 12.5. The Kier molecular flexibility index (Phi) is 4.53. The highest BCUT2D eigenvalue weighted by Crippen LogP contribution is 2.24. The number of nitrogens with zero attached hydrogens (tertiary/aromatic N) is 1. The number of hydrogen-bond acceptors (Lipinski definition) is 4. The van der Waals surface area contributed by atoms with Gasteiger partial charge in [0.15, 0.2) is 0 Å². The molecule has 0 bridgehead atoms. The van der Waals surface area contributed by atoms with Crippen LogP contribution in [0.15, 0.2) is 16.8 Å². The van der Waals surface area contributed by atoms with Gasteiger partial charge in [-0.1, -0.05) is 0 Å². The van der Waals surface area contributed by atoms with Crippen LogP contribution in [-0.4, -0.2) is 44.1 Å². The minimum Gasteiger partial charge on any atom is -0.370 e. The second kappa shape index (κ2) is 6.14. The summed E-state index contributed by atoms with van der Waals surface area (Å²) in [7, 11) is 1.86. The van der Waals surface area contributed by atoms with Crippen LogP contribution in [0.25, 0.3) is 0 Å². The van der Waals surface area contributed by atoms with Crippen LogP contribution in [-0.2, 0) is 9.53 Å². The lowest BCUT2D eigenvalue weighted by Gasteiger charge is -2.32. The number of amides is 1. The molecule has 17 heavy (non-hydrogen) atoms. The van der Waals surface area contributed by atoms with Crippen molar-refractivity contribution in [2.75, 3.05) is 33.3 Å². The van der Waals surface area contributed by atoms with Crippen molar-refractivity contribution < 1.29 is 9.53 Å². The summed E-state index contributed by atoms with van der Waals surface area (Å²) >= 11 is 1.66. The molecule has 0 spiro atoms. The second-order valence-electron chi connectivity index (χ2n) is 4.11. The van der Waals surface area contributed by atoms with Crippen LogP contribution in [0.3, 0.4) is 0 Å². The molecule has 0 aromatic carbocycles. The molecular weight excluding hydrogens is 236 g/mol. The summed E-state index contributed by atoms with van der Waals surface area (Å²) in [5.74, 6) is 0.211. The SMILES string of the molecule is CNCCC(=O)N1CCOC(c2ccsc2)C1. The molecule has 5 heteroatoms. The van der Waals surface area contributed by atoms with Crippen LogP contribution < -0.4 is 5.32 Å². The Bertz CT molecular complexity index is 353. The van der Waals surface area contributed by atoms with Gasteiger partial charge in [0, 0.05) is 19.5 Å². The van der Waals surface area contributed by atoms with Gasteiger partial charge in [0.1, 0.15) is 6.10 Å². The van der Waals surface area contributed by atoms with E-state index in [-0.39, 0.29) is 12.0 Å². The van der Waals surface area contributed by atoms with E-state index in [1.54, 1.807) is 11.3 Å². The van der Waals surface area contributed by atoms with Crippen molar-refractivity contribution in [1.29, 1.82) is 0 Å². The molecule has 1 saturated heterocycles. The van der Waals surface area contributed by atoms with Crippen molar-refractivity contribution in [2.45, 2.75) is 12.5 Å². The maximum Gasteiger partial charge on any atom is 0.224 e. The van der Waals surface area contributed by atoms with Crippen molar-refractivity contribution in [1.82, 2.24) is 10.2 Å². The van der Waals surface area contributed by atoms with Crippen molar-refractivity contribution in [2.24, 2.45) is 0 Å². The largest absolute Gasteiger partial charge is 0.370 e. The topological polar surface area (TPSA) is 41.6 Å². The van der Waals surface area contributed by atoms with E-state index >= 15 is 0 Å². The maximum atomic E-state index is 11.9. The van der Waals surface area contributed by atoms with Crippen LogP contribution in [0.2, 0.25) is 0 Å². The fourth-order valence-electron chi connectivity index (χ4n) is 1.93. The van der Waals surface area contributed by atoms with Crippen LogP contribution in [0, 0.1) is 0 Å². The Hall–Kier alpha value is -0.910. The number of thiophene rings is 1. The zero-order valence-corrected chi connectivity index (χ0v) is 10.8. The summed E-state index contributed by atoms with van der Waals surface area (Å²) in [5.41, 5.74) is 1.18. The molecule has 0 aliphatic carbocycles. The first-order valence-electron chi connectivity index (χ1n) is 5.87. The molecule has 94 valence electrons. The molecule has 4 nitrogen and oxygen atoms in total. The second-order valence-corrected chi connectivity index (χ2v) is 4.89. The maximum absolute atomic E-state index is 11.9. The van der Waals surface area contributed by atoms with Crippen molar-refractivity contribution in [3.05, 3.63) is 22.4 Å². The summed E-state index contributed by atoms with van der Waals surface area (Å²) in [6, 6.07) is 2.07.